The minimum atomic E-state index is -0.382. The van der Waals surface area contributed by atoms with E-state index in [1.165, 1.54) is 18.2 Å². The highest BCUT2D eigenvalue weighted by atomic mass is 35.5. The standard InChI is InChI=1S/C29H28ClFO4/c1-4-25(26-16-13-23(31)18-27(26)30)29(22-11-14-24(15-12-22)35-19-33-3)21-9-6-20(7-10-21)8-17-28(32)34-5-2/h6-18H,4-5,19H2,1-3H3/b17-8+,29-25+. The van der Waals surface area contributed by atoms with Crippen LogP contribution in [0.3, 0.4) is 0 Å². The van der Waals surface area contributed by atoms with Crippen LogP contribution in [0.25, 0.3) is 17.2 Å². The topological polar surface area (TPSA) is 44.8 Å². The second kappa shape index (κ2) is 12.9. The SMILES string of the molecule is CCOC(=O)/C=C/c1ccc(/C(=C(/CC)c2ccc(F)cc2Cl)c2ccc(OCOC)cc2)cc1. The van der Waals surface area contributed by atoms with Crippen molar-refractivity contribution >= 4 is 34.8 Å². The van der Waals surface area contributed by atoms with Crippen molar-refractivity contribution in [1.29, 1.82) is 0 Å². The summed E-state index contributed by atoms with van der Waals surface area (Å²) >= 11 is 6.47. The molecule has 4 nitrogen and oxygen atoms in total. The summed E-state index contributed by atoms with van der Waals surface area (Å²) in [4.78, 5) is 11.6. The molecular weight excluding hydrogens is 467 g/mol. The number of hydrogen-bond acceptors (Lipinski definition) is 4. The third kappa shape index (κ3) is 7.04. The Morgan fingerprint density at radius 1 is 0.971 bits per heavy atom. The van der Waals surface area contributed by atoms with Crippen LogP contribution >= 0.6 is 11.6 Å². The maximum atomic E-state index is 13.8. The molecule has 0 aromatic heterocycles. The lowest BCUT2D eigenvalue weighted by atomic mass is 9.88. The molecule has 0 aliphatic heterocycles. The molecule has 3 aromatic rings. The Kier molecular flexibility index (Phi) is 9.65. The molecule has 182 valence electrons. The molecular formula is C29H28ClFO4. The molecule has 0 atom stereocenters. The zero-order valence-corrected chi connectivity index (χ0v) is 20.8. The third-order valence-corrected chi connectivity index (χ3v) is 5.61. The molecule has 3 aromatic carbocycles. The molecule has 0 aliphatic carbocycles. The van der Waals surface area contributed by atoms with Crippen molar-refractivity contribution in [1.82, 2.24) is 0 Å². The second-order valence-corrected chi connectivity index (χ2v) is 8.02. The first-order valence-corrected chi connectivity index (χ1v) is 11.7. The molecule has 0 saturated heterocycles. The molecule has 0 saturated carbocycles. The van der Waals surface area contributed by atoms with Crippen LogP contribution in [-0.2, 0) is 14.3 Å². The fraction of sp³-hybridized carbons (Fsp3) is 0.207. The Labute approximate surface area is 210 Å². The summed E-state index contributed by atoms with van der Waals surface area (Å²) in [5.41, 5.74) is 5.51. The predicted octanol–water partition coefficient (Wildman–Crippen LogP) is 7.41. The van der Waals surface area contributed by atoms with E-state index >= 15 is 0 Å². The first-order chi connectivity index (χ1) is 17.0. The number of hydrogen-bond donors (Lipinski definition) is 0. The van der Waals surface area contributed by atoms with E-state index in [0.29, 0.717) is 23.8 Å². The van der Waals surface area contributed by atoms with Crippen LogP contribution in [0, 0.1) is 5.82 Å². The number of rotatable bonds is 10. The molecule has 0 bridgehead atoms. The van der Waals surface area contributed by atoms with Crippen LogP contribution in [0.4, 0.5) is 4.39 Å². The average molecular weight is 495 g/mol. The summed E-state index contributed by atoms with van der Waals surface area (Å²) in [7, 11) is 1.57. The van der Waals surface area contributed by atoms with Gasteiger partial charge in [-0.25, -0.2) is 9.18 Å². The molecule has 0 fully saturated rings. The largest absolute Gasteiger partial charge is 0.468 e. The molecule has 0 heterocycles. The van der Waals surface area contributed by atoms with Crippen LogP contribution < -0.4 is 4.74 Å². The predicted molar refractivity (Wildman–Crippen MR) is 139 cm³/mol. The highest BCUT2D eigenvalue weighted by molar-refractivity contribution is 6.32. The molecule has 0 unspecified atom stereocenters. The Morgan fingerprint density at radius 3 is 2.20 bits per heavy atom. The molecule has 35 heavy (non-hydrogen) atoms. The van der Waals surface area contributed by atoms with Crippen LogP contribution in [-0.4, -0.2) is 26.5 Å². The van der Waals surface area contributed by atoms with E-state index < -0.39 is 0 Å². The monoisotopic (exact) mass is 494 g/mol. The van der Waals surface area contributed by atoms with Crippen molar-refractivity contribution < 1.29 is 23.4 Å². The maximum Gasteiger partial charge on any atom is 0.330 e. The fourth-order valence-electron chi connectivity index (χ4n) is 3.71. The smallest absolute Gasteiger partial charge is 0.330 e. The molecule has 0 amide bonds. The van der Waals surface area contributed by atoms with Crippen LogP contribution in [0.1, 0.15) is 42.5 Å². The maximum absolute atomic E-state index is 13.8. The van der Waals surface area contributed by atoms with Gasteiger partial charge in [-0.1, -0.05) is 61.0 Å². The summed E-state index contributed by atoms with van der Waals surface area (Å²) in [6.07, 6.45) is 3.79. The summed E-state index contributed by atoms with van der Waals surface area (Å²) in [6.45, 7) is 4.30. The van der Waals surface area contributed by atoms with Crippen LogP contribution in [0.15, 0.2) is 72.8 Å². The van der Waals surface area contributed by atoms with Crippen molar-refractivity contribution in [3.63, 3.8) is 0 Å². The van der Waals surface area contributed by atoms with Gasteiger partial charge in [0.15, 0.2) is 6.79 Å². The van der Waals surface area contributed by atoms with Crippen molar-refractivity contribution in [3.8, 4) is 5.75 Å². The number of benzene rings is 3. The fourth-order valence-corrected chi connectivity index (χ4v) is 3.99. The van der Waals surface area contributed by atoms with Gasteiger partial charge in [0.25, 0.3) is 0 Å². The normalized spacial score (nSPS) is 11.9. The van der Waals surface area contributed by atoms with E-state index in [1.54, 1.807) is 26.2 Å². The summed E-state index contributed by atoms with van der Waals surface area (Å²) in [5, 5.41) is 0.355. The van der Waals surface area contributed by atoms with Gasteiger partial charge in [0.1, 0.15) is 11.6 Å². The van der Waals surface area contributed by atoms with Gasteiger partial charge >= 0.3 is 5.97 Å². The Morgan fingerprint density at radius 2 is 1.63 bits per heavy atom. The first kappa shape index (κ1) is 26.2. The van der Waals surface area contributed by atoms with E-state index in [0.717, 1.165) is 33.4 Å². The Bertz CT molecular complexity index is 1200. The Balaban J connectivity index is 2.09. The number of halogens is 2. The molecule has 0 spiro atoms. The van der Waals surface area contributed by atoms with Gasteiger partial charge in [-0.3, -0.25) is 0 Å². The number of esters is 1. The van der Waals surface area contributed by atoms with E-state index in [2.05, 4.69) is 0 Å². The minimum Gasteiger partial charge on any atom is -0.468 e. The van der Waals surface area contributed by atoms with Crippen LogP contribution in [0.5, 0.6) is 5.75 Å². The van der Waals surface area contributed by atoms with E-state index in [1.807, 2.05) is 55.5 Å². The zero-order chi connectivity index (χ0) is 25.2. The molecule has 0 aliphatic rings. The lowest BCUT2D eigenvalue weighted by molar-refractivity contribution is -0.137. The van der Waals surface area contributed by atoms with E-state index in [9.17, 15) is 9.18 Å². The van der Waals surface area contributed by atoms with Gasteiger partial charge in [-0.15, -0.1) is 0 Å². The number of ether oxygens (including phenoxy) is 3. The number of methoxy groups -OCH3 is 1. The zero-order valence-electron chi connectivity index (χ0n) is 20.0. The highest BCUT2D eigenvalue weighted by Gasteiger charge is 2.16. The molecule has 3 rings (SSSR count). The van der Waals surface area contributed by atoms with E-state index in [-0.39, 0.29) is 18.6 Å². The third-order valence-electron chi connectivity index (χ3n) is 5.30. The lowest BCUT2D eigenvalue weighted by Gasteiger charge is -2.18. The van der Waals surface area contributed by atoms with Crippen LogP contribution in [0.2, 0.25) is 5.02 Å². The van der Waals surface area contributed by atoms with Gasteiger partial charge in [0, 0.05) is 13.2 Å². The summed E-state index contributed by atoms with van der Waals surface area (Å²) in [6, 6.07) is 20.0. The molecule has 0 radical (unpaired) electrons. The minimum absolute atomic E-state index is 0.161. The summed E-state index contributed by atoms with van der Waals surface area (Å²) < 4.78 is 29.2. The van der Waals surface area contributed by atoms with Gasteiger partial charge in [-0.2, -0.15) is 0 Å². The quantitative estimate of drug-likeness (QED) is 0.127. The van der Waals surface area contributed by atoms with Gasteiger partial charge in [-0.05, 0) is 77.1 Å². The summed E-state index contributed by atoms with van der Waals surface area (Å²) in [5.74, 6) is -0.0763. The number of carbonyl (C=O) groups is 1. The van der Waals surface area contributed by atoms with Crippen molar-refractivity contribution in [2.24, 2.45) is 0 Å². The Hall–Kier alpha value is -3.41. The number of allylic oxidation sites excluding steroid dienone is 1. The van der Waals surface area contributed by atoms with Crippen molar-refractivity contribution in [3.05, 3.63) is 106 Å². The van der Waals surface area contributed by atoms with Gasteiger partial charge in [0.05, 0.1) is 11.6 Å². The lowest BCUT2D eigenvalue weighted by Crippen LogP contribution is -2.00. The van der Waals surface area contributed by atoms with Crippen molar-refractivity contribution in [2.45, 2.75) is 20.3 Å². The molecule has 0 N–H and O–H groups in total. The molecule has 6 heteroatoms. The van der Waals surface area contributed by atoms with E-state index in [4.69, 9.17) is 25.8 Å². The first-order valence-electron chi connectivity index (χ1n) is 11.3. The highest BCUT2D eigenvalue weighted by Crippen LogP contribution is 2.38. The number of carbonyl (C=O) groups excluding carboxylic acids is 1. The average Bonchev–Trinajstić information content (AvgIpc) is 2.86. The van der Waals surface area contributed by atoms with Gasteiger partial charge < -0.3 is 14.2 Å². The van der Waals surface area contributed by atoms with Gasteiger partial charge in [0.2, 0.25) is 0 Å². The second-order valence-electron chi connectivity index (χ2n) is 7.61. The van der Waals surface area contributed by atoms with Crippen molar-refractivity contribution in [2.75, 3.05) is 20.5 Å².